The third-order valence-electron chi connectivity index (χ3n) is 2.92. The molecule has 0 saturated heterocycles. The number of nitriles is 1. The van der Waals surface area contributed by atoms with Gasteiger partial charge in [0.15, 0.2) is 9.84 Å². The molecule has 5 nitrogen and oxygen atoms in total. The van der Waals surface area contributed by atoms with E-state index in [0.717, 1.165) is 5.56 Å². The van der Waals surface area contributed by atoms with Crippen molar-refractivity contribution >= 4 is 9.84 Å². The van der Waals surface area contributed by atoms with E-state index < -0.39 is 9.84 Å². The first-order valence-corrected chi connectivity index (χ1v) is 8.09. The van der Waals surface area contributed by atoms with Crippen LogP contribution in [0.5, 0.6) is 0 Å². The van der Waals surface area contributed by atoms with Gasteiger partial charge >= 0.3 is 0 Å². The van der Waals surface area contributed by atoms with Gasteiger partial charge in [0.25, 0.3) is 0 Å². The molecule has 0 atom stereocenters. The van der Waals surface area contributed by atoms with E-state index >= 15 is 0 Å². The Balaban J connectivity index is 1.91. The highest BCUT2D eigenvalue weighted by Crippen LogP contribution is 2.12. The van der Waals surface area contributed by atoms with Gasteiger partial charge in [-0.1, -0.05) is 12.1 Å². The molecule has 0 amide bonds. The fourth-order valence-corrected chi connectivity index (χ4v) is 3.06. The number of nitrogens with one attached hydrogen (secondary N) is 1. The molecule has 0 saturated carbocycles. The van der Waals surface area contributed by atoms with Crippen LogP contribution in [-0.2, 0) is 16.4 Å². The number of rotatable bonds is 6. The van der Waals surface area contributed by atoms with Crippen molar-refractivity contribution in [1.29, 1.82) is 5.26 Å². The van der Waals surface area contributed by atoms with Crippen molar-refractivity contribution in [3.05, 3.63) is 59.9 Å². The van der Waals surface area contributed by atoms with Crippen molar-refractivity contribution in [2.24, 2.45) is 0 Å². The molecular weight excluding hydrogens is 286 g/mol. The number of benzene rings is 1. The number of sulfone groups is 1. The quantitative estimate of drug-likeness (QED) is 0.818. The van der Waals surface area contributed by atoms with E-state index in [2.05, 4.69) is 10.3 Å². The van der Waals surface area contributed by atoms with E-state index in [4.69, 9.17) is 5.26 Å². The van der Waals surface area contributed by atoms with Gasteiger partial charge < -0.3 is 5.32 Å². The van der Waals surface area contributed by atoms with Gasteiger partial charge in [-0.05, 0) is 29.8 Å². The second-order valence-electron chi connectivity index (χ2n) is 4.50. The summed E-state index contributed by atoms with van der Waals surface area (Å²) in [5.41, 5.74) is 1.35. The zero-order valence-corrected chi connectivity index (χ0v) is 12.2. The Hall–Kier alpha value is -2.23. The Morgan fingerprint density at radius 1 is 1.24 bits per heavy atom. The minimum atomic E-state index is -3.38. The van der Waals surface area contributed by atoms with Crippen LogP contribution in [0.2, 0.25) is 0 Å². The molecule has 0 aliphatic heterocycles. The van der Waals surface area contributed by atoms with Gasteiger partial charge in [-0.2, -0.15) is 5.26 Å². The molecule has 21 heavy (non-hydrogen) atoms. The third-order valence-corrected chi connectivity index (χ3v) is 4.64. The van der Waals surface area contributed by atoms with Crippen LogP contribution in [0, 0.1) is 11.3 Å². The van der Waals surface area contributed by atoms with Crippen molar-refractivity contribution < 1.29 is 8.42 Å². The number of hydrogen-bond acceptors (Lipinski definition) is 5. The highest BCUT2D eigenvalue weighted by atomic mass is 32.2. The SMILES string of the molecule is N#Cc1cccc(S(=O)(=O)CCNCc2cccnc2)c1. The van der Waals surface area contributed by atoms with E-state index in [1.165, 1.54) is 12.1 Å². The molecule has 0 radical (unpaired) electrons. The topological polar surface area (TPSA) is 82.8 Å². The van der Waals surface area contributed by atoms with Crippen molar-refractivity contribution in [3.8, 4) is 6.07 Å². The molecule has 1 N–H and O–H groups in total. The second kappa shape index (κ2) is 6.97. The molecule has 0 unspecified atom stereocenters. The Bertz CT molecular complexity index is 737. The lowest BCUT2D eigenvalue weighted by atomic mass is 10.2. The highest BCUT2D eigenvalue weighted by Gasteiger charge is 2.14. The van der Waals surface area contributed by atoms with Gasteiger partial charge in [0.2, 0.25) is 0 Å². The lowest BCUT2D eigenvalue weighted by Gasteiger charge is -2.06. The predicted molar refractivity (Wildman–Crippen MR) is 79.2 cm³/mol. The van der Waals surface area contributed by atoms with Crippen molar-refractivity contribution in [1.82, 2.24) is 10.3 Å². The maximum atomic E-state index is 12.1. The molecule has 1 heterocycles. The van der Waals surface area contributed by atoms with Crippen LogP contribution in [-0.4, -0.2) is 25.7 Å². The lowest BCUT2D eigenvalue weighted by molar-refractivity contribution is 0.590. The minimum absolute atomic E-state index is 0.0118. The summed E-state index contributed by atoms with van der Waals surface area (Å²) in [6.45, 7) is 0.912. The zero-order valence-electron chi connectivity index (χ0n) is 11.4. The van der Waals surface area contributed by atoms with E-state index in [1.54, 1.807) is 24.5 Å². The summed E-state index contributed by atoms with van der Waals surface area (Å²) in [5, 5.41) is 11.9. The van der Waals surface area contributed by atoms with Crippen LogP contribution in [0.15, 0.2) is 53.7 Å². The Morgan fingerprint density at radius 3 is 2.81 bits per heavy atom. The molecule has 6 heteroatoms. The summed E-state index contributed by atoms with van der Waals surface area (Å²) >= 11 is 0. The summed E-state index contributed by atoms with van der Waals surface area (Å²) in [7, 11) is -3.38. The molecule has 0 bridgehead atoms. The highest BCUT2D eigenvalue weighted by molar-refractivity contribution is 7.91. The van der Waals surface area contributed by atoms with Crippen LogP contribution < -0.4 is 5.32 Å². The van der Waals surface area contributed by atoms with Crippen molar-refractivity contribution in [2.45, 2.75) is 11.4 Å². The third kappa shape index (κ3) is 4.38. The number of aromatic nitrogens is 1. The van der Waals surface area contributed by atoms with Crippen molar-refractivity contribution in [3.63, 3.8) is 0 Å². The van der Waals surface area contributed by atoms with E-state index in [1.807, 2.05) is 18.2 Å². The summed E-state index contributed by atoms with van der Waals surface area (Å²) in [6.07, 6.45) is 3.42. The monoisotopic (exact) mass is 301 g/mol. The Morgan fingerprint density at radius 2 is 2.10 bits per heavy atom. The van der Waals surface area contributed by atoms with Crippen LogP contribution in [0.25, 0.3) is 0 Å². The van der Waals surface area contributed by atoms with Crippen LogP contribution >= 0.6 is 0 Å². The summed E-state index contributed by atoms with van der Waals surface area (Å²) in [5.74, 6) is -0.0118. The van der Waals surface area contributed by atoms with Gasteiger partial charge in [0.05, 0.1) is 22.3 Å². The fourth-order valence-electron chi connectivity index (χ4n) is 1.82. The predicted octanol–water partition coefficient (Wildman–Crippen LogP) is 1.52. The molecule has 0 spiro atoms. The first kappa shape index (κ1) is 15.2. The largest absolute Gasteiger partial charge is 0.312 e. The molecule has 2 rings (SSSR count). The number of hydrogen-bond donors (Lipinski definition) is 1. The summed E-state index contributed by atoms with van der Waals surface area (Å²) < 4.78 is 24.3. The first-order valence-electron chi connectivity index (χ1n) is 6.44. The van der Waals surface area contributed by atoms with E-state index in [-0.39, 0.29) is 10.6 Å². The van der Waals surface area contributed by atoms with Gasteiger partial charge in [0.1, 0.15) is 0 Å². The van der Waals surface area contributed by atoms with Gasteiger partial charge in [-0.25, -0.2) is 8.42 Å². The second-order valence-corrected chi connectivity index (χ2v) is 6.61. The smallest absolute Gasteiger partial charge is 0.179 e. The molecule has 0 fully saturated rings. The van der Waals surface area contributed by atoms with Gasteiger partial charge in [0, 0.05) is 25.5 Å². The van der Waals surface area contributed by atoms with Crippen molar-refractivity contribution in [2.75, 3.05) is 12.3 Å². The molecule has 1 aromatic carbocycles. The Kier molecular flexibility index (Phi) is 5.04. The summed E-state index contributed by atoms with van der Waals surface area (Å²) in [6, 6.07) is 11.8. The normalized spacial score (nSPS) is 11.0. The standard InChI is InChI=1S/C15H15N3O2S/c16-10-13-3-1-5-15(9-13)21(19,20)8-7-18-12-14-4-2-6-17-11-14/h1-6,9,11,18H,7-8,12H2. The average molecular weight is 301 g/mol. The van der Waals surface area contributed by atoms with Crippen LogP contribution in [0.4, 0.5) is 0 Å². The average Bonchev–Trinajstić information content (AvgIpc) is 2.53. The molecule has 108 valence electrons. The molecule has 0 aliphatic rings. The Labute approximate surface area is 124 Å². The molecule has 1 aromatic heterocycles. The fraction of sp³-hybridized carbons (Fsp3) is 0.200. The van der Waals surface area contributed by atoms with Gasteiger partial charge in [-0.3, -0.25) is 4.98 Å². The number of nitrogens with zero attached hydrogens (tertiary/aromatic N) is 2. The van der Waals surface area contributed by atoms with Crippen LogP contribution in [0.1, 0.15) is 11.1 Å². The maximum absolute atomic E-state index is 12.1. The minimum Gasteiger partial charge on any atom is -0.312 e. The zero-order chi connectivity index (χ0) is 15.1. The summed E-state index contributed by atoms with van der Waals surface area (Å²) in [4.78, 5) is 4.17. The lowest BCUT2D eigenvalue weighted by Crippen LogP contribution is -2.22. The number of pyridine rings is 1. The maximum Gasteiger partial charge on any atom is 0.179 e. The first-order chi connectivity index (χ1) is 10.1. The van der Waals surface area contributed by atoms with E-state index in [0.29, 0.717) is 18.7 Å². The molecule has 0 aliphatic carbocycles. The van der Waals surface area contributed by atoms with Gasteiger partial charge in [-0.15, -0.1) is 0 Å². The van der Waals surface area contributed by atoms with E-state index in [9.17, 15) is 8.42 Å². The molecule has 2 aromatic rings. The molecular formula is C15H15N3O2S. The van der Waals surface area contributed by atoms with Crippen LogP contribution in [0.3, 0.4) is 0 Å².